The lowest BCUT2D eigenvalue weighted by molar-refractivity contribution is 0.125. The van der Waals surface area contributed by atoms with Crippen LogP contribution < -0.4 is 28.4 Å². The molecule has 7 rings (SSSR count). The van der Waals surface area contributed by atoms with Crippen molar-refractivity contribution >= 4 is 0 Å². The number of hydrogen-bond acceptors (Lipinski definition) is 7. The number of nitrogens with zero attached hydrogens (tertiary/aromatic N) is 1. The predicted octanol–water partition coefficient (Wildman–Crippen LogP) is 7.26. The maximum absolute atomic E-state index is 5.99. The van der Waals surface area contributed by atoms with E-state index in [9.17, 15) is 0 Å². The Labute approximate surface area is 259 Å². The van der Waals surface area contributed by atoms with Crippen molar-refractivity contribution in [2.75, 3.05) is 41.8 Å². The summed E-state index contributed by atoms with van der Waals surface area (Å²) in [5, 5.41) is 0. The average Bonchev–Trinajstić information content (AvgIpc) is 3.54. The van der Waals surface area contributed by atoms with Gasteiger partial charge in [-0.15, -0.1) is 0 Å². The Morgan fingerprint density at radius 3 is 2.02 bits per heavy atom. The molecule has 228 valence electrons. The molecule has 0 aliphatic carbocycles. The summed E-state index contributed by atoms with van der Waals surface area (Å²) < 4.78 is 34.3. The summed E-state index contributed by atoms with van der Waals surface area (Å²) in [6.45, 7) is 2.06. The molecule has 3 aliphatic rings. The molecule has 2 unspecified atom stereocenters. The summed E-state index contributed by atoms with van der Waals surface area (Å²) in [5.74, 6) is 5.47. The van der Waals surface area contributed by atoms with Gasteiger partial charge in [0.15, 0.2) is 23.0 Å². The van der Waals surface area contributed by atoms with E-state index in [4.69, 9.17) is 28.4 Å². The Morgan fingerprint density at radius 1 is 0.750 bits per heavy atom. The standard InChI is InChI=1S/C37H39NO6/c1-39-26-9-5-23(6-10-26)28(24-7-11-27(40-2)12-8-24)13-14-30-29-15-16-33(41-3)37(42-4)32(29)21-38-18-17-25-19-34-35(44-22-43-34)20-31(25)36(30)38/h5-12,15-16,19-20,28,30,36H,13-14,17-18,21-22H2,1-4H3. The maximum atomic E-state index is 5.99. The van der Waals surface area contributed by atoms with Crippen LogP contribution in [-0.4, -0.2) is 46.7 Å². The monoisotopic (exact) mass is 593 g/mol. The van der Waals surface area contributed by atoms with Crippen LogP contribution in [0.1, 0.15) is 64.1 Å². The largest absolute Gasteiger partial charge is 0.497 e. The Kier molecular flexibility index (Phi) is 7.73. The van der Waals surface area contributed by atoms with E-state index < -0.39 is 0 Å². The van der Waals surface area contributed by atoms with Gasteiger partial charge < -0.3 is 28.4 Å². The summed E-state index contributed by atoms with van der Waals surface area (Å²) in [6.07, 6.45) is 2.90. The number of rotatable bonds is 9. The summed E-state index contributed by atoms with van der Waals surface area (Å²) in [6, 6.07) is 26.0. The Hall–Kier alpha value is -4.36. The molecule has 0 radical (unpaired) electrons. The van der Waals surface area contributed by atoms with E-state index in [0.29, 0.717) is 0 Å². The molecule has 7 heteroatoms. The zero-order valence-corrected chi connectivity index (χ0v) is 25.8. The summed E-state index contributed by atoms with van der Waals surface area (Å²) in [7, 11) is 6.87. The van der Waals surface area contributed by atoms with Gasteiger partial charge in [0.1, 0.15) is 11.5 Å². The second-order valence-electron chi connectivity index (χ2n) is 11.7. The van der Waals surface area contributed by atoms with E-state index in [0.717, 1.165) is 66.8 Å². The van der Waals surface area contributed by atoms with Gasteiger partial charge in [0.25, 0.3) is 0 Å². The number of hydrogen-bond donors (Lipinski definition) is 0. The molecule has 4 aromatic rings. The highest BCUT2D eigenvalue weighted by atomic mass is 16.7. The summed E-state index contributed by atoms with van der Waals surface area (Å²) in [5.41, 5.74) is 7.79. The normalized spacial score (nSPS) is 18.3. The summed E-state index contributed by atoms with van der Waals surface area (Å²) >= 11 is 0. The van der Waals surface area contributed by atoms with Crippen molar-refractivity contribution in [2.45, 2.75) is 43.7 Å². The minimum Gasteiger partial charge on any atom is -0.497 e. The molecular weight excluding hydrogens is 554 g/mol. The van der Waals surface area contributed by atoms with Crippen LogP contribution in [0.3, 0.4) is 0 Å². The Morgan fingerprint density at radius 2 is 1.41 bits per heavy atom. The van der Waals surface area contributed by atoms with E-state index in [1.165, 1.54) is 33.4 Å². The molecule has 7 nitrogen and oxygen atoms in total. The molecule has 3 heterocycles. The molecular formula is C37H39NO6. The van der Waals surface area contributed by atoms with Gasteiger partial charge in [0, 0.05) is 36.5 Å². The Bertz CT molecular complexity index is 1590. The number of fused-ring (bicyclic) bond motifs is 5. The van der Waals surface area contributed by atoms with Crippen molar-refractivity contribution in [1.82, 2.24) is 4.90 Å². The first-order valence-electron chi connectivity index (χ1n) is 15.3. The number of methoxy groups -OCH3 is 4. The zero-order valence-electron chi connectivity index (χ0n) is 25.8. The smallest absolute Gasteiger partial charge is 0.231 e. The van der Waals surface area contributed by atoms with Crippen molar-refractivity contribution in [3.8, 4) is 34.5 Å². The first-order chi connectivity index (χ1) is 21.6. The van der Waals surface area contributed by atoms with Gasteiger partial charge >= 0.3 is 0 Å². The predicted molar refractivity (Wildman–Crippen MR) is 169 cm³/mol. The molecule has 44 heavy (non-hydrogen) atoms. The lowest BCUT2D eigenvalue weighted by Crippen LogP contribution is -2.42. The topological polar surface area (TPSA) is 58.6 Å². The third kappa shape index (κ3) is 4.99. The molecule has 4 aromatic carbocycles. The van der Waals surface area contributed by atoms with Crippen molar-refractivity contribution in [3.63, 3.8) is 0 Å². The van der Waals surface area contributed by atoms with Crippen molar-refractivity contribution < 1.29 is 28.4 Å². The number of ether oxygens (including phenoxy) is 6. The molecule has 2 atom stereocenters. The van der Waals surface area contributed by atoms with E-state index in [-0.39, 0.29) is 24.7 Å². The SMILES string of the molecule is COc1ccc(C(CCC2c3ccc(OC)c(OC)c3CN3CCc4cc5c(cc4C23)OCO5)c2ccc(OC)cc2)cc1. The van der Waals surface area contributed by atoms with Crippen LogP contribution in [0.2, 0.25) is 0 Å². The summed E-state index contributed by atoms with van der Waals surface area (Å²) in [4.78, 5) is 2.62. The van der Waals surface area contributed by atoms with Crippen LogP contribution in [0.5, 0.6) is 34.5 Å². The first kappa shape index (κ1) is 28.4. The lowest BCUT2D eigenvalue weighted by atomic mass is 9.72. The quantitative estimate of drug-likeness (QED) is 0.203. The lowest BCUT2D eigenvalue weighted by Gasteiger charge is -2.47. The second kappa shape index (κ2) is 12.0. The fraction of sp³-hybridized carbons (Fsp3) is 0.351. The molecule has 0 saturated heterocycles. The van der Waals surface area contributed by atoms with Gasteiger partial charge in [-0.25, -0.2) is 0 Å². The van der Waals surface area contributed by atoms with Crippen molar-refractivity contribution in [1.29, 1.82) is 0 Å². The molecule has 0 aromatic heterocycles. The first-order valence-corrected chi connectivity index (χ1v) is 15.3. The fourth-order valence-corrected chi connectivity index (χ4v) is 7.49. The third-order valence-electron chi connectivity index (χ3n) is 9.64. The highest BCUT2D eigenvalue weighted by Crippen LogP contribution is 2.53. The van der Waals surface area contributed by atoms with Gasteiger partial charge in [-0.3, -0.25) is 4.90 Å². The van der Waals surface area contributed by atoms with Gasteiger partial charge in [-0.1, -0.05) is 30.3 Å². The second-order valence-corrected chi connectivity index (χ2v) is 11.7. The van der Waals surface area contributed by atoms with E-state index in [2.05, 4.69) is 77.7 Å². The van der Waals surface area contributed by atoms with E-state index >= 15 is 0 Å². The average molecular weight is 594 g/mol. The van der Waals surface area contributed by atoms with Crippen LogP contribution in [0, 0.1) is 0 Å². The zero-order chi connectivity index (χ0) is 30.2. The fourth-order valence-electron chi connectivity index (χ4n) is 7.49. The van der Waals surface area contributed by atoms with E-state index in [1.54, 1.807) is 28.4 Å². The highest BCUT2D eigenvalue weighted by Gasteiger charge is 2.42. The van der Waals surface area contributed by atoms with Gasteiger partial charge in [0.05, 0.1) is 28.4 Å². The molecule has 0 N–H and O–H groups in total. The van der Waals surface area contributed by atoms with E-state index in [1.807, 2.05) is 0 Å². The molecule has 0 spiro atoms. The van der Waals surface area contributed by atoms with Crippen molar-refractivity contribution in [2.24, 2.45) is 0 Å². The third-order valence-corrected chi connectivity index (χ3v) is 9.64. The molecule has 0 saturated carbocycles. The Balaban J connectivity index is 1.31. The minimum absolute atomic E-state index is 0.200. The molecule has 0 bridgehead atoms. The number of benzene rings is 4. The van der Waals surface area contributed by atoms with Crippen LogP contribution >= 0.6 is 0 Å². The van der Waals surface area contributed by atoms with Crippen molar-refractivity contribution in [3.05, 3.63) is 106 Å². The van der Waals surface area contributed by atoms with Gasteiger partial charge in [-0.2, -0.15) is 0 Å². The van der Waals surface area contributed by atoms with Crippen LogP contribution in [-0.2, 0) is 13.0 Å². The van der Waals surface area contributed by atoms with Gasteiger partial charge in [0.2, 0.25) is 6.79 Å². The minimum atomic E-state index is 0.200. The molecule has 0 amide bonds. The van der Waals surface area contributed by atoms with Crippen LogP contribution in [0.4, 0.5) is 0 Å². The molecule has 3 aliphatic heterocycles. The van der Waals surface area contributed by atoms with Crippen LogP contribution in [0.15, 0.2) is 72.8 Å². The maximum Gasteiger partial charge on any atom is 0.231 e. The van der Waals surface area contributed by atoms with Crippen LogP contribution in [0.25, 0.3) is 0 Å². The van der Waals surface area contributed by atoms with Gasteiger partial charge in [-0.05, 0) is 89.5 Å². The molecule has 0 fully saturated rings. The highest BCUT2D eigenvalue weighted by molar-refractivity contribution is 5.56.